The summed E-state index contributed by atoms with van der Waals surface area (Å²) in [5.74, 6) is 0.944. The van der Waals surface area contributed by atoms with E-state index in [0.717, 1.165) is 18.9 Å². The molecule has 3 heterocycles. The normalized spacial score (nSPS) is 15.4. The zero-order chi connectivity index (χ0) is 13.9. The number of hydrogen-bond acceptors (Lipinski definition) is 5. The highest BCUT2D eigenvalue weighted by atomic mass is 16.2. The van der Waals surface area contributed by atoms with E-state index in [4.69, 9.17) is 0 Å². The van der Waals surface area contributed by atoms with E-state index in [1.807, 2.05) is 23.1 Å². The van der Waals surface area contributed by atoms with Gasteiger partial charge >= 0.3 is 0 Å². The Morgan fingerprint density at radius 1 is 1.20 bits per heavy atom. The second-order valence-electron chi connectivity index (χ2n) is 4.71. The second-order valence-corrected chi connectivity index (χ2v) is 4.71. The lowest BCUT2D eigenvalue weighted by atomic mass is 10.2. The molecule has 20 heavy (non-hydrogen) atoms. The highest BCUT2D eigenvalue weighted by Gasteiger charge is 2.24. The van der Waals surface area contributed by atoms with Crippen molar-refractivity contribution in [1.29, 1.82) is 0 Å². The maximum Gasteiger partial charge on any atom is 0.273 e. The summed E-state index contributed by atoms with van der Waals surface area (Å²) in [4.78, 5) is 20.7. The van der Waals surface area contributed by atoms with Crippen LogP contribution in [0.25, 0.3) is 0 Å². The van der Waals surface area contributed by atoms with Gasteiger partial charge in [-0.15, -0.1) is 5.10 Å². The van der Waals surface area contributed by atoms with Crippen molar-refractivity contribution in [3.8, 4) is 0 Å². The van der Waals surface area contributed by atoms with Crippen LogP contribution in [0.2, 0.25) is 0 Å². The fraction of sp³-hybridized carbons (Fsp3) is 0.385. The van der Waals surface area contributed by atoms with E-state index >= 15 is 0 Å². The quantitative estimate of drug-likeness (QED) is 0.780. The summed E-state index contributed by atoms with van der Waals surface area (Å²) in [5, 5.41) is 7.54. The van der Waals surface area contributed by atoms with Crippen LogP contribution in [0.5, 0.6) is 0 Å². The van der Waals surface area contributed by atoms with Gasteiger partial charge in [-0.05, 0) is 12.1 Å². The number of piperazine rings is 1. The molecule has 1 aliphatic rings. The van der Waals surface area contributed by atoms with Crippen molar-refractivity contribution in [3.05, 3.63) is 36.3 Å². The summed E-state index contributed by atoms with van der Waals surface area (Å²) >= 11 is 0. The summed E-state index contributed by atoms with van der Waals surface area (Å²) in [5.41, 5.74) is 0.524. The second kappa shape index (κ2) is 5.28. The molecule has 0 unspecified atom stereocenters. The predicted molar refractivity (Wildman–Crippen MR) is 73.4 cm³/mol. The van der Waals surface area contributed by atoms with Crippen molar-refractivity contribution >= 4 is 11.7 Å². The van der Waals surface area contributed by atoms with Crippen molar-refractivity contribution < 1.29 is 4.79 Å². The molecule has 0 spiro atoms. The molecule has 3 rings (SSSR count). The molecule has 0 atom stereocenters. The molecule has 1 fully saturated rings. The Balaban J connectivity index is 1.64. The van der Waals surface area contributed by atoms with E-state index in [-0.39, 0.29) is 5.91 Å². The Labute approximate surface area is 116 Å². The van der Waals surface area contributed by atoms with E-state index in [1.54, 1.807) is 13.2 Å². The smallest absolute Gasteiger partial charge is 0.273 e. The molecular formula is C13H16N6O. The van der Waals surface area contributed by atoms with E-state index in [1.165, 1.54) is 10.9 Å². The fourth-order valence-corrected chi connectivity index (χ4v) is 2.32. The monoisotopic (exact) mass is 272 g/mol. The van der Waals surface area contributed by atoms with Crippen LogP contribution in [0.1, 0.15) is 10.5 Å². The summed E-state index contributed by atoms with van der Waals surface area (Å²) < 4.78 is 1.51. The topological polar surface area (TPSA) is 67.2 Å². The molecule has 104 valence electrons. The molecule has 2 aromatic heterocycles. The number of anilines is 1. The third-order valence-electron chi connectivity index (χ3n) is 3.47. The van der Waals surface area contributed by atoms with Crippen molar-refractivity contribution in [3.63, 3.8) is 0 Å². The number of carbonyl (C=O) groups is 1. The van der Waals surface area contributed by atoms with Gasteiger partial charge in [0.2, 0.25) is 0 Å². The lowest BCUT2D eigenvalue weighted by Gasteiger charge is -2.35. The average molecular weight is 272 g/mol. The summed E-state index contributed by atoms with van der Waals surface area (Å²) in [6, 6.07) is 5.86. The molecule has 2 aromatic rings. The zero-order valence-corrected chi connectivity index (χ0v) is 11.3. The first-order chi connectivity index (χ1) is 9.75. The zero-order valence-electron chi connectivity index (χ0n) is 11.3. The van der Waals surface area contributed by atoms with Crippen LogP contribution in [0.15, 0.2) is 30.6 Å². The molecule has 1 aliphatic heterocycles. The van der Waals surface area contributed by atoms with E-state index in [0.29, 0.717) is 18.8 Å². The Hall–Kier alpha value is -2.44. The molecule has 0 radical (unpaired) electrons. The average Bonchev–Trinajstić information content (AvgIpc) is 2.94. The number of aryl methyl sites for hydroxylation is 1. The van der Waals surface area contributed by atoms with Gasteiger partial charge in [-0.1, -0.05) is 11.3 Å². The lowest BCUT2D eigenvalue weighted by Crippen LogP contribution is -2.49. The summed E-state index contributed by atoms with van der Waals surface area (Å²) in [6.45, 7) is 2.93. The first-order valence-electron chi connectivity index (χ1n) is 6.55. The van der Waals surface area contributed by atoms with Crippen LogP contribution in [0.4, 0.5) is 5.82 Å². The van der Waals surface area contributed by atoms with Gasteiger partial charge in [0.15, 0.2) is 0 Å². The molecule has 0 bridgehead atoms. The molecule has 1 amide bonds. The van der Waals surface area contributed by atoms with Gasteiger partial charge in [-0.25, -0.2) is 9.67 Å². The number of hydrogen-bond donors (Lipinski definition) is 0. The van der Waals surface area contributed by atoms with Gasteiger partial charge in [-0.3, -0.25) is 4.79 Å². The van der Waals surface area contributed by atoms with Gasteiger partial charge in [0.25, 0.3) is 5.91 Å². The van der Waals surface area contributed by atoms with Gasteiger partial charge < -0.3 is 9.80 Å². The maximum atomic E-state index is 12.3. The van der Waals surface area contributed by atoms with Gasteiger partial charge in [-0.2, -0.15) is 0 Å². The SMILES string of the molecule is Cn1nncc1C(=O)N1CCN(c2ccccn2)CC1. The summed E-state index contributed by atoms with van der Waals surface area (Å²) in [6.07, 6.45) is 3.29. The van der Waals surface area contributed by atoms with Crippen molar-refractivity contribution in [2.24, 2.45) is 7.05 Å². The van der Waals surface area contributed by atoms with Gasteiger partial charge in [0, 0.05) is 39.4 Å². The van der Waals surface area contributed by atoms with E-state index in [2.05, 4.69) is 20.2 Å². The Kier molecular flexibility index (Phi) is 3.32. The van der Waals surface area contributed by atoms with Crippen LogP contribution in [-0.4, -0.2) is 57.0 Å². The van der Waals surface area contributed by atoms with Crippen LogP contribution < -0.4 is 4.90 Å². The number of amides is 1. The molecule has 0 aliphatic carbocycles. The minimum atomic E-state index is -0.0156. The fourth-order valence-electron chi connectivity index (χ4n) is 2.32. The van der Waals surface area contributed by atoms with Crippen molar-refractivity contribution in [1.82, 2.24) is 24.9 Å². The molecule has 7 heteroatoms. The van der Waals surface area contributed by atoms with Crippen LogP contribution in [-0.2, 0) is 7.05 Å². The first kappa shape index (κ1) is 12.6. The molecule has 0 N–H and O–H groups in total. The van der Waals surface area contributed by atoms with Crippen LogP contribution >= 0.6 is 0 Å². The third-order valence-corrected chi connectivity index (χ3v) is 3.47. The predicted octanol–water partition coefficient (Wildman–Crippen LogP) is 0.172. The highest BCUT2D eigenvalue weighted by Crippen LogP contribution is 2.13. The first-order valence-corrected chi connectivity index (χ1v) is 6.55. The maximum absolute atomic E-state index is 12.3. The van der Waals surface area contributed by atoms with Gasteiger partial charge in [0.05, 0.1) is 6.20 Å². The Bertz CT molecular complexity index is 588. The number of rotatable bonds is 2. The largest absolute Gasteiger partial charge is 0.353 e. The van der Waals surface area contributed by atoms with Crippen molar-refractivity contribution in [2.45, 2.75) is 0 Å². The Morgan fingerprint density at radius 3 is 2.60 bits per heavy atom. The molecule has 0 saturated carbocycles. The number of nitrogens with zero attached hydrogens (tertiary/aromatic N) is 6. The lowest BCUT2D eigenvalue weighted by molar-refractivity contribution is 0.0735. The summed E-state index contributed by atoms with van der Waals surface area (Å²) in [7, 11) is 1.73. The van der Waals surface area contributed by atoms with Crippen LogP contribution in [0, 0.1) is 0 Å². The number of pyridine rings is 1. The third kappa shape index (κ3) is 2.34. The molecule has 0 aromatic carbocycles. The highest BCUT2D eigenvalue weighted by molar-refractivity contribution is 5.92. The molecule has 1 saturated heterocycles. The number of aromatic nitrogens is 4. The molecular weight excluding hydrogens is 256 g/mol. The Morgan fingerprint density at radius 2 is 2.00 bits per heavy atom. The number of carbonyl (C=O) groups excluding carboxylic acids is 1. The minimum Gasteiger partial charge on any atom is -0.353 e. The van der Waals surface area contributed by atoms with Crippen LogP contribution in [0.3, 0.4) is 0 Å². The van der Waals surface area contributed by atoms with Gasteiger partial charge in [0.1, 0.15) is 11.5 Å². The van der Waals surface area contributed by atoms with E-state index < -0.39 is 0 Å². The standard InChI is InChI=1S/C13H16N6O/c1-17-11(10-15-16-17)13(20)19-8-6-18(7-9-19)12-4-2-3-5-14-12/h2-5,10H,6-9H2,1H3. The van der Waals surface area contributed by atoms with E-state index in [9.17, 15) is 4.79 Å². The van der Waals surface area contributed by atoms with Crippen molar-refractivity contribution in [2.75, 3.05) is 31.1 Å². The minimum absolute atomic E-state index is 0.0156. The molecule has 7 nitrogen and oxygen atoms in total.